The third kappa shape index (κ3) is 4.77. The maximum atomic E-state index is 12.3. The molecule has 26 heavy (non-hydrogen) atoms. The van der Waals surface area contributed by atoms with Gasteiger partial charge in [-0.15, -0.1) is 11.3 Å². The second-order valence-electron chi connectivity index (χ2n) is 6.52. The Hall–Kier alpha value is -2.05. The summed E-state index contributed by atoms with van der Waals surface area (Å²) in [6.45, 7) is 0.0724. The molecule has 0 unspecified atom stereocenters. The SMILES string of the molecule is COCc1nc(C(=O)OCC(=O)c2ccc(C3CCCCC3)cc2)cs1. The van der Waals surface area contributed by atoms with Crippen LogP contribution < -0.4 is 0 Å². The van der Waals surface area contributed by atoms with E-state index in [1.807, 2.05) is 24.3 Å². The van der Waals surface area contributed by atoms with Gasteiger partial charge in [-0.1, -0.05) is 43.5 Å². The van der Waals surface area contributed by atoms with Crippen molar-refractivity contribution in [2.75, 3.05) is 13.7 Å². The number of Topliss-reactive ketones (excluding diaryl/α,β-unsaturated/α-hetero) is 1. The molecule has 6 heteroatoms. The third-order valence-corrected chi connectivity index (χ3v) is 5.49. The van der Waals surface area contributed by atoms with E-state index < -0.39 is 5.97 Å². The van der Waals surface area contributed by atoms with Crippen molar-refractivity contribution >= 4 is 23.1 Å². The molecule has 138 valence electrons. The van der Waals surface area contributed by atoms with E-state index >= 15 is 0 Å². The van der Waals surface area contributed by atoms with Crippen molar-refractivity contribution in [3.8, 4) is 0 Å². The maximum Gasteiger partial charge on any atom is 0.358 e. The number of benzene rings is 1. The zero-order valence-electron chi connectivity index (χ0n) is 14.9. The van der Waals surface area contributed by atoms with Crippen molar-refractivity contribution in [2.24, 2.45) is 0 Å². The molecule has 1 heterocycles. The van der Waals surface area contributed by atoms with E-state index in [1.165, 1.54) is 49.0 Å². The molecule has 1 aliphatic carbocycles. The summed E-state index contributed by atoms with van der Waals surface area (Å²) in [6.07, 6.45) is 6.34. The van der Waals surface area contributed by atoms with Gasteiger partial charge in [0.05, 0.1) is 6.61 Å². The number of rotatable bonds is 7. The summed E-state index contributed by atoms with van der Waals surface area (Å²) < 4.78 is 10.1. The van der Waals surface area contributed by atoms with Crippen LogP contribution in [0.4, 0.5) is 0 Å². The fourth-order valence-corrected chi connectivity index (χ4v) is 3.99. The van der Waals surface area contributed by atoms with E-state index in [2.05, 4.69) is 4.98 Å². The normalized spacial score (nSPS) is 15.0. The highest BCUT2D eigenvalue weighted by molar-refractivity contribution is 7.09. The van der Waals surface area contributed by atoms with E-state index in [4.69, 9.17) is 9.47 Å². The third-order valence-electron chi connectivity index (χ3n) is 4.67. The molecule has 1 fully saturated rings. The molecule has 1 aromatic heterocycles. The number of ketones is 1. The summed E-state index contributed by atoms with van der Waals surface area (Å²) in [5.41, 5.74) is 2.07. The molecule has 0 radical (unpaired) electrons. The van der Waals surface area contributed by atoms with Crippen molar-refractivity contribution in [1.29, 1.82) is 0 Å². The zero-order valence-corrected chi connectivity index (χ0v) is 15.7. The van der Waals surface area contributed by atoms with Gasteiger partial charge in [0.25, 0.3) is 0 Å². The number of nitrogens with zero attached hydrogens (tertiary/aromatic N) is 1. The lowest BCUT2D eigenvalue weighted by Crippen LogP contribution is -2.15. The van der Waals surface area contributed by atoms with Crippen LogP contribution in [0, 0.1) is 0 Å². The lowest BCUT2D eigenvalue weighted by Gasteiger charge is -2.22. The van der Waals surface area contributed by atoms with Crippen LogP contribution >= 0.6 is 11.3 Å². The number of carbonyl (C=O) groups excluding carboxylic acids is 2. The Morgan fingerprint density at radius 2 is 1.88 bits per heavy atom. The molecule has 1 aromatic carbocycles. The van der Waals surface area contributed by atoms with Gasteiger partial charge in [0, 0.05) is 18.1 Å². The summed E-state index contributed by atoms with van der Waals surface area (Å²) in [7, 11) is 1.57. The van der Waals surface area contributed by atoms with Crippen LogP contribution in [0.5, 0.6) is 0 Å². The van der Waals surface area contributed by atoms with Gasteiger partial charge in [-0.25, -0.2) is 9.78 Å². The fraction of sp³-hybridized carbons (Fsp3) is 0.450. The fourth-order valence-electron chi connectivity index (χ4n) is 3.26. The van der Waals surface area contributed by atoms with Crippen molar-refractivity contribution < 1.29 is 19.1 Å². The molecule has 0 amide bonds. The van der Waals surface area contributed by atoms with E-state index in [-0.39, 0.29) is 18.1 Å². The minimum atomic E-state index is -0.587. The molecule has 0 atom stereocenters. The molecular weight excluding hydrogens is 350 g/mol. The number of esters is 1. The highest BCUT2D eigenvalue weighted by Gasteiger charge is 2.17. The summed E-state index contributed by atoms with van der Waals surface area (Å²) in [5.74, 6) is -0.187. The lowest BCUT2D eigenvalue weighted by molar-refractivity contribution is 0.0469. The van der Waals surface area contributed by atoms with E-state index in [1.54, 1.807) is 12.5 Å². The smallest absolute Gasteiger partial charge is 0.358 e. The molecule has 1 saturated carbocycles. The van der Waals surface area contributed by atoms with Crippen LogP contribution in [0.3, 0.4) is 0 Å². The molecule has 0 N–H and O–H groups in total. The number of hydrogen-bond donors (Lipinski definition) is 0. The molecular formula is C20H23NO4S. The van der Waals surface area contributed by atoms with Crippen LogP contribution in [0.25, 0.3) is 0 Å². The molecule has 2 aromatic rings. The van der Waals surface area contributed by atoms with E-state index in [9.17, 15) is 9.59 Å². The number of methoxy groups -OCH3 is 1. The number of aromatic nitrogens is 1. The van der Waals surface area contributed by atoms with Crippen LogP contribution in [0.15, 0.2) is 29.6 Å². The first-order valence-corrected chi connectivity index (χ1v) is 9.79. The number of carbonyl (C=O) groups is 2. The topological polar surface area (TPSA) is 65.5 Å². The van der Waals surface area contributed by atoms with Gasteiger partial charge >= 0.3 is 5.97 Å². The second kappa shape index (κ2) is 9.05. The van der Waals surface area contributed by atoms with Crippen molar-refractivity contribution in [2.45, 2.75) is 44.6 Å². The highest BCUT2D eigenvalue weighted by atomic mass is 32.1. The van der Waals surface area contributed by atoms with Crippen LogP contribution in [-0.4, -0.2) is 30.5 Å². The Morgan fingerprint density at radius 3 is 2.58 bits per heavy atom. The van der Waals surface area contributed by atoms with Gasteiger partial charge in [0.15, 0.2) is 18.1 Å². The minimum Gasteiger partial charge on any atom is -0.453 e. The molecule has 0 saturated heterocycles. The van der Waals surface area contributed by atoms with Gasteiger partial charge in [-0.05, 0) is 24.3 Å². The largest absolute Gasteiger partial charge is 0.453 e. The molecule has 0 aliphatic heterocycles. The first kappa shape index (κ1) is 18.7. The monoisotopic (exact) mass is 373 g/mol. The Labute approximate surface area is 157 Å². The second-order valence-corrected chi connectivity index (χ2v) is 7.46. The van der Waals surface area contributed by atoms with E-state index in [0.717, 1.165) is 0 Å². The number of hydrogen-bond acceptors (Lipinski definition) is 6. The predicted molar refractivity (Wildman–Crippen MR) is 99.7 cm³/mol. The van der Waals surface area contributed by atoms with Gasteiger partial charge in [-0.2, -0.15) is 0 Å². The quantitative estimate of drug-likeness (QED) is 0.532. The summed E-state index contributed by atoms with van der Waals surface area (Å²) in [6, 6.07) is 7.73. The van der Waals surface area contributed by atoms with Gasteiger partial charge in [-0.3, -0.25) is 4.79 Å². The van der Waals surface area contributed by atoms with Crippen LogP contribution in [0.1, 0.15) is 69.4 Å². The van der Waals surface area contributed by atoms with Crippen LogP contribution in [-0.2, 0) is 16.1 Å². The lowest BCUT2D eigenvalue weighted by atomic mass is 9.84. The number of thiazole rings is 1. The highest BCUT2D eigenvalue weighted by Crippen LogP contribution is 2.32. The average Bonchev–Trinajstić information content (AvgIpc) is 3.16. The number of ether oxygens (including phenoxy) is 2. The maximum absolute atomic E-state index is 12.3. The summed E-state index contributed by atoms with van der Waals surface area (Å²) >= 11 is 1.33. The Kier molecular flexibility index (Phi) is 6.52. The first-order valence-electron chi connectivity index (χ1n) is 8.91. The van der Waals surface area contributed by atoms with Crippen molar-refractivity contribution in [3.05, 3.63) is 51.5 Å². The Balaban J connectivity index is 1.53. The Bertz CT molecular complexity index is 747. The summed E-state index contributed by atoms with van der Waals surface area (Å²) in [5, 5.41) is 2.31. The van der Waals surface area contributed by atoms with Gasteiger partial charge in [0.2, 0.25) is 0 Å². The molecule has 0 spiro atoms. The molecule has 3 rings (SSSR count). The molecule has 1 aliphatic rings. The zero-order chi connectivity index (χ0) is 18.4. The van der Waals surface area contributed by atoms with Gasteiger partial charge in [0.1, 0.15) is 5.01 Å². The predicted octanol–water partition coefficient (Wildman–Crippen LogP) is 4.38. The molecule has 0 bridgehead atoms. The van der Waals surface area contributed by atoms with Crippen molar-refractivity contribution in [1.82, 2.24) is 4.98 Å². The summed E-state index contributed by atoms with van der Waals surface area (Å²) in [4.78, 5) is 28.4. The first-order chi connectivity index (χ1) is 12.7. The van der Waals surface area contributed by atoms with Crippen LogP contribution in [0.2, 0.25) is 0 Å². The van der Waals surface area contributed by atoms with Gasteiger partial charge < -0.3 is 9.47 Å². The standard InChI is InChI=1S/C20H23NO4S/c1-24-12-19-21-17(13-26-19)20(23)25-11-18(22)16-9-7-15(8-10-16)14-5-3-2-4-6-14/h7-10,13-14H,2-6,11-12H2,1H3. The minimum absolute atomic E-state index is 0.208. The average molecular weight is 373 g/mol. The van der Waals surface area contributed by atoms with Crippen molar-refractivity contribution in [3.63, 3.8) is 0 Å². The Morgan fingerprint density at radius 1 is 1.15 bits per heavy atom. The molecule has 5 nitrogen and oxygen atoms in total. The van der Waals surface area contributed by atoms with E-state index in [0.29, 0.717) is 23.1 Å².